The van der Waals surface area contributed by atoms with Crippen molar-refractivity contribution in [2.45, 2.75) is 13.8 Å². The molecule has 0 amide bonds. The molecule has 0 saturated carbocycles. The van der Waals surface area contributed by atoms with Crippen LogP contribution in [0.2, 0.25) is 0 Å². The van der Waals surface area contributed by atoms with E-state index in [0.29, 0.717) is 0 Å². The van der Waals surface area contributed by atoms with Crippen molar-refractivity contribution in [3.05, 3.63) is 157 Å². The number of rotatable bonds is 7. The van der Waals surface area contributed by atoms with E-state index in [9.17, 15) is 0 Å². The van der Waals surface area contributed by atoms with Crippen LogP contribution in [0.3, 0.4) is 0 Å². The van der Waals surface area contributed by atoms with Crippen molar-refractivity contribution >= 4 is 22.7 Å². The Kier molecular flexibility index (Phi) is 7.15. The van der Waals surface area contributed by atoms with Gasteiger partial charge in [-0.1, -0.05) is 115 Å². The molecule has 0 saturated heterocycles. The minimum atomic E-state index is 1.07. The van der Waals surface area contributed by atoms with Gasteiger partial charge in [0.05, 0.1) is 0 Å². The van der Waals surface area contributed by atoms with Gasteiger partial charge in [-0.25, -0.2) is 0 Å². The maximum atomic E-state index is 3.76. The molecule has 0 spiro atoms. The van der Waals surface area contributed by atoms with Gasteiger partial charge in [0.25, 0.3) is 0 Å². The van der Waals surface area contributed by atoms with Crippen molar-refractivity contribution in [3.63, 3.8) is 0 Å². The highest BCUT2D eigenvalue weighted by atomic mass is 14.9. The molecule has 0 bridgehead atoms. The van der Waals surface area contributed by atoms with Crippen LogP contribution in [0.15, 0.2) is 146 Å². The van der Waals surface area contributed by atoms with Crippen molar-refractivity contribution < 1.29 is 0 Å². The summed E-state index contributed by atoms with van der Waals surface area (Å²) in [7, 11) is 0. The molecule has 0 unspecified atom stereocenters. The molecule has 2 nitrogen and oxygen atoms in total. The SMILES string of the molecule is Cc1ccccc1Nc1ccc(-c2ccc(Nc3ccccc3C)c(-c3ccccc3)c2-c2ccccc2)cc1. The van der Waals surface area contributed by atoms with Crippen LogP contribution < -0.4 is 10.6 Å². The van der Waals surface area contributed by atoms with Crippen molar-refractivity contribution in [1.29, 1.82) is 0 Å². The topological polar surface area (TPSA) is 24.1 Å². The molecule has 6 aromatic carbocycles. The summed E-state index contributed by atoms with van der Waals surface area (Å²) in [5.74, 6) is 0. The van der Waals surface area contributed by atoms with Crippen molar-refractivity contribution in [2.75, 3.05) is 10.6 Å². The van der Waals surface area contributed by atoms with E-state index in [0.717, 1.165) is 22.7 Å². The van der Waals surface area contributed by atoms with Crippen molar-refractivity contribution in [3.8, 4) is 33.4 Å². The van der Waals surface area contributed by atoms with E-state index in [2.05, 4.69) is 170 Å². The van der Waals surface area contributed by atoms with E-state index in [1.54, 1.807) is 0 Å². The zero-order valence-corrected chi connectivity index (χ0v) is 22.9. The summed E-state index contributed by atoms with van der Waals surface area (Å²) in [5, 5.41) is 7.33. The molecule has 0 aliphatic carbocycles. The molecule has 6 rings (SSSR count). The average Bonchev–Trinajstić information content (AvgIpc) is 3.00. The highest BCUT2D eigenvalue weighted by molar-refractivity contribution is 6.01. The Balaban J connectivity index is 1.51. The number of benzene rings is 6. The third-order valence-corrected chi connectivity index (χ3v) is 7.36. The maximum absolute atomic E-state index is 3.76. The molecular weight excluding hydrogens is 484 g/mol. The second kappa shape index (κ2) is 11.3. The van der Waals surface area contributed by atoms with Crippen LogP contribution in [0.25, 0.3) is 33.4 Å². The van der Waals surface area contributed by atoms with Gasteiger partial charge in [-0.15, -0.1) is 0 Å². The number of nitrogens with one attached hydrogen (secondary N) is 2. The van der Waals surface area contributed by atoms with Crippen LogP contribution in [0.5, 0.6) is 0 Å². The lowest BCUT2D eigenvalue weighted by Gasteiger charge is -2.22. The van der Waals surface area contributed by atoms with Gasteiger partial charge in [0.1, 0.15) is 0 Å². The molecule has 0 aliphatic rings. The smallest absolute Gasteiger partial charge is 0.0470 e. The first-order chi connectivity index (χ1) is 19.7. The Morgan fingerprint density at radius 2 is 0.850 bits per heavy atom. The molecule has 2 heteroatoms. The average molecular weight is 517 g/mol. The summed E-state index contributed by atoms with van der Waals surface area (Å²) in [5.41, 5.74) is 14.0. The first-order valence-electron chi connectivity index (χ1n) is 13.7. The number of hydrogen-bond donors (Lipinski definition) is 2. The van der Waals surface area contributed by atoms with Crippen LogP contribution in [0, 0.1) is 13.8 Å². The largest absolute Gasteiger partial charge is 0.355 e. The van der Waals surface area contributed by atoms with Gasteiger partial charge in [-0.3, -0.25) is 0 Å². The Morgan fingerprint density at radius 3 is 1.43 bits per heavy atom. The normalized spacial score (nSPS) is 10.8. The van der Waals surface area contributed by atoms with E-state index in [1.165, 1.54) is 44.5 Å². The fourth-order valence-electron chi connectivity index (χ4n) is 5.22. The van der Waals surface area contributed by atoms with Crippen LogP contribution >= 0.6 is 0 Å². The maximum Gasteiger partial charge on any atom is 0.0470 e. The van der Waals surface area contributed by atoms with Gasteiger partial charge in [-0.2, -0.15) is 0 Å². The number of anilines is 4. The van der Waals surface area contributed by atoms with E-state index < -0.39 is 0 Å². The summed E-state index contributed by atoms with van der Waals surface area (Å²) >= 11 is 0. The van der Waals surface area contributed by atoms with Crippen molar-refractivity contribution in [1.82, 2.24) is 0 Å². The predicted octanol–water partition coefficient (Wildman–Crippen LogP) is 10.8. The number of aryl methyl sites for hydroxylation is 2. The minimum absolute atomic E-state index is 1.07. The molecule has 0 atom stereocenters. The van der Waals surface area contributed by atoms with Crippen LogP contribution in [0.1, 0.15) is 11.1 Å². The summed E-state index contributed by atoms with van der Waals surface area (Å²) in [6, 6.07) is 51.4. The molecule has 0 heterocycles. The van der Waals surface area contributed by atoms with E-state index >= 15 is 0 Å². The van der Waals surface area contributed by atoms with Crippen LogP contribution in [0.4, 0.5) is 22.7 Å². The Labute approximate surface area is 237 Å². The molecular formula is C38H32N2. The third-order valence-electron chi connectivity index (χ3n) is 7.36. The number of para-hydroxylation sites is 2. The zero-order valence-electron chi connectivity index (χ0n) is 22.9. The predicted molar refractivity (Wildman–Crippen MR) is 172 cm³/mol. The molecule has 0 aromatic heterocycles. The molecule has 6 aromatic rings. The lowest BCUT2D eigenvalue weighted by molar-refractivity contribution is 1.42. The quantitative estimate of drug-likeness (QED) is 0.220. The van der Waals surface area contributed by atoms with Gasteiger partial charge in [0.15, 0.2) is 0 Å². The highest BCUT2D eigenvalue weighted by Crippen LogP contribution is 2.45. The molecule has 0 fully saturated rings. The van der Waals surface area contributed by atoms with Gasteiger partial charge in [-0.05, 0) is 83.1 Å². The summed E-state index contributed by atoms with van der Waals surface area (Å²) in [6.07, 6.45) is 0. The standard InChI is InChI=1S/C38H32N2/c1-27-13-9-11-19-34(27)39-32-23-21-29(22-24-32)33-25-26-36(40-35-20-12-10-14-28(35)2)38(31-17-7-4-8-18-31)37(33)30-15-5-3-6-16-30/h3-26,39-40H,1-2H3. The summed E-state index contributed by atoms with van der Waals surface area (Å²) in [6.45, 7) is 4.27. The first-order valence-corrected chi connectivity index (χ1v) is 13.7. The fourth-order valence-corrected chi connectivity index (χ4v) is 5.22. The van der Waals surface area contributed by atoms with E-state index in [4.69, 9.17) is 0 Å². The van der Waals surface area contributed by atoms with E-state index in [-0.39, 0.29) is 0 Å². The van der Waals surface area contributed by atoms with Gasteiger partial charge in [0.2, 0.25) is 0 Å². The summed E-state index contributed by atoms with van der Waals surface area (Å²) < 4.78 is 0. The summed E-state index contributed by atoms with van der Waals surface area (Å²) in [4.78, 5) is 0. The van der Waals surface area contributed by atoms with Crippen LogP contribution in [-0.4, -0.2) is 0 Å². The molecule has 0 aliphatic heterocycles. The fraction of sp³-hybridized carbons (Fsp3) is 0.0526. The first kappa shape index (κ1) is 25.2. The van der Waals surface area contributed by atoms with Crippen LogP contribution in [-0.2, 0) is 0 Å². The van der Waals surface area contributed by atoms with Gasteiger partial charge in [0, 0.05) is 28.3 Å². The van der Waals surface area contributed by atoms with Crippen molar-refractivity contribution in [2.24, 2.45) is 0 Å². The van der Waals surface area contributed by atoms with Gasteiger partial charge < -0.3 is 10.6 Å². The second-order valence-corrected chi connectivity index (χ2v) is 10.1. The lowest BCUT2D eigenvalue weighted by Crippen LogP contribution is -1.99. The van der Waals surface area contributed by atoms with E-state index in [1.807, 2.05) is 0 Å². The Morgan fingerprint density at radius 1 is 0.350 bits per heavy atom. The molecule has 40 heavy (non-hydrogen) atoms. The highest BCUT2D eigenvalue weighted by Gasteiger charge is 2.19. The number of hydrogen-bond acceptors (Lipinski definition) is 2. The lowest BCUT2D eigenvalue weighted by atomic mass is 9.86. The molecule has 0 radical (unpaired) electrons. The Bertz CT molecular complexity index is 1740. The third kappa shape index (κ3) is 5.25. The minimum Gasteiger partial charge on any atom is -0.355 e. The monoisotopic (exact) mass is 516 g/mol. The molecule has 194 valence electrons. The Hall–Kier alpha value is -5.08. The zero-order chi connectivity index (χ0) is 27.3. The second-order valence-electron chi connectivity index (χ2n) is 10.1. The molecule has 2 N–H and O–H groups in total. The van der Waals surface area contributed by atoms with Gasteiger partial charge >= 0.3 is 0 Å².